The first kappa shape index (κ1) is 18.8. The molecule has 6 heteroatoms. The molecule has 2 aromatic carbocycles. The molecule has 0 spiro atoms. The Kier molecular flexibility index (Phi) is 5.04. The monoisotopic (exact) mass is 391 g/mol. The van der Waals surface area contributed by atoms with Gasteiger partial charge in [-0.05, 0) is 57.0 Å². The molecule has 3 nitrogen and oxygen atoms in total. The quantitative estimate of drug-likeness (QED) is 0.518. The van der Waals surface area contributed by atoms with Crippen LogP contribution in [0.3, 0.4) is 0 Å². The van der Waals surface area contributed by atoms with E-state index in [-0.39, 0.29) is 18.2 Å². The number of ether oxygens (including phenoxy) is 1. The van der Waals surface area contributed by atoms with Gasteiger partial charge in [-0.15, -0.1) is 11.3 Å². The van der Waals surface area contributed by atoms with Crippen molar-refractivity contribution in [3.8, 4) is 11.1 Å². The zero-order valence-electron chi connectivity index (χ0n) is 15.0. The van der Waals surface area contributed by atoms with Gasteiger partial charge in [-0.1, -0.05) is 23.7 Å². The van der Waals surface area contributed by atoms with E-state index in [2.05, 4.69) is 4.98 Å². The molecule has 0 aliphatic rings. The molecule has 0 unspecified atom stereocenters. The Balaban J connectivity index is 2.07. The molecule has 0 aliphatic heterocycles. The first-order valence-corrected chi connectivity index (χ1v) is 9.40. The maximum absolute atomic E-state index is 14.9. The number of esters is 1. The van der Waals surface area contributed by atoms with Crippen molar-refractivity contribution < 1.29 is 13.9 Å². The van der Waals surface area contributed by atoms with E-state index < -0.39 is 5.60 Å². The van der Waals surface area contributed by atoms with Crippen molar-refractivity contribution in [1.82, 2.24) is 4.98 Å². The van der Waals surface area contributed by atoms with Crippen molar-refractivity contribution in [3.05, 3.63) is 51.7 Å². The van der Waals surface area contributed by atoms with Crippen molar-refractivity contribution in [2.75, 3.05) is 0 Å². The number of halogens is 2. The minimum Gasteiger partial charge on any atom is -0.460 e. The van der Waals surface area contributed by atoms with E-state index in [4.69, 9.17) is 16.3 Å². The summed E-state index contributed by atoms with van der Waals surface area (Å²) in [6.45, 7) is 7.17. The maximum atomic E-state index is 14.9. The average molecular weight is 392 g/mol. The molecule has 0 N–H and O–H groups in total. The smallest absolute Gasteiger partial charge is 0.313 e. The molecular weight excluding hydrogens is 373 g/mol. The van der Waals surface area contributed by atoms with Crippen LogP contribution in [0.2, 0.25) is 5.02 Å². The van der Waals surface area contributed by atoms with Crippen LogP contribution in [0.5, 0.6) is 0 Å². The molecule has 0 fully saturated rings. The highest BCUT2D eigenvalue weighted by Gasteiger charge is 2.21. The number of hydrogen-bond donors (Lipinski definition) is 0. The lowest BCUT2D eigenvalue weighted by molar-refractivity contribution is -0.153. The first-order chi connectivity index (χ1) is 12.1. The summed E-state index contributed by atoms with van der Waals surface area (Å²) in [6, 6.07) is 8.79. The van der Waals surface area contributed by atoms with Crippen LogP contribution in [0.25, 0.3) is 21.3 Å². The number of fused-ring (bicyclic) bond motifs is 1. The fourth-order valence-corrected chi connectivity index (χ4v) is 3.95. The van der Waals surface area contributed by atoms with Crippen LogP contribution in [0.4, 0.5) is 4.39 Å². The van der Waals surface area contributed by atoms with Gasteiger partial charge in [0.1, 0.15) is 16.4 Å². The van der Waals surface area contributed by atoms with E-state index in [0.29, 0.717) is 32.2 Å². The largest absolute Gasteiger partial charge is 0.460 e. The Bertz CT molecular complexity index is 991. The fraction of sp³-hybridized carbons (Fsp3) is 0.300. The van der Waals surface area contributed by atoms with E-state index in [1.165, 1.54) is 11.3 Å². The van der Waals surface area contributed by atoms with Crippen LogP contribution >= 0.6 is 22.9 Å². The van der Waals surface area contributed by atoms with Crippen molar-refractivity contribution >= 4 is 39.1 Å². The summed E-state index contributed by atoms with van der Waals surface area (Å²) in [5, 5.41) is 1.13. The number of aryl methyl sites for hydroxylation is 1. The minimum atomic E-state index is -0.553. The summed E-state index contributed by atoms with van der Waals surface area (Å²) < 4.78 is 21.1. The third kappa shape index (κ3) is 4.05. The molecule has 1 heterocycles. The highest BCUT2D eigenvalue weighted by atomic mass is 35.5. The molecule has 0 aliphatic carbocycles. The van der Waals surface area contributed by atoms with Crippen molar-refractivity contribution in [2.45, 2.75) is 39.7 Å². The van der Waals surface area contributed by atoms with Gasteiger partial charge in [0.25, 0.3) is 0 Å². The molecule has 0 saturated heterocycles. The second-order valence-electron chi connectivity index (χ2n) is 7.11. The van der Waals surface area contributed by atoms with Gasteiger partial charge in [-0.2, -0.15) is 0 Å². The summed E-state index contributed by atoms with van der Waals surface area (Å²) in [6.07, 6.45) is 0.0618. The fourth-order valence-electron chi connectivity index (χ4n) is 2.70. The maximum Gasteiger partial charge on any atom is 0.313 e. The lowest BCUT2D eigenvalue weighted by Crippen LogP contribution is -2.24. The third-order valence-corrected chi connectivity index (χ3v) is 4.91. The van der Waals surface area contributed by atoms with E-state index in [1.807, 2.05) is 20.8 Å². The van der Waals surface area contributed by atoms with Crippen LogP contribution in [-0.4, -0.2) is 16.6 Å². The SMILES string of the molecule is Cc1cc2sc(CC(=O)OC(C)(C)C)nc2c(-c2cccc(Cl)c2)c1F. The molecule has 1 aromatic heterocycles. The van der Waals surface area contributed by atoms with Gasteiger partial charge in [-0.3, -0.25) is 4.79 Å². The summed E-state index contributed by atoms with van der Waals surface area (Å²) in [4.78, 5) is 16.6. The summed E-state index contributed by atoms with van der Waals surface area (Å²) >= 11 is 7.45. The molecule has 3 aromatic rings. The normalized spacial score (nSPS) is 11.8. The van der Waals surface area contributed by atoms with E-state index in [1.54, 1.807) is 37.3 Å². The molecule has 0 bridgehead atoms. The Labute approximate surface area is 160 Å². The van der Waals surface area contributed by atoms with E-state index >= 15 is 0 Å². The molecular formula is C20H19ClFNO2S. The lowest BCUT2D eigenvalue weighted by atomic mass is 10.0. The van der Waals surface area contributed by atoms with E-state index in [0.717, 1.165) is 4.70 Å². The zero-order valence-corrected chi connectivity index (χ0v) is 16.6. The standard InChI is InChI=1S/C20H19ClFNO2S/c1-11-8-14-19(17(18(11)22)12-6-5-7-13(21)9-12)23-15(26-14)10-16(24)25-20(2,3)4/h5-9H,10H2,1-4H3. The highest BCUT2D eigenvalue weighted by Crippen LogP contribution is 2.36. The number of benzene rings is 2. The van der Waals surface area contributed by atoms with Crippen LogP contribution in [0, 0.1) is 12.7 Å². The molecule has 0 saturated carbocycles. The van der Waals surface area contributed by atoms with Gasteiger partial charge >= 0.3 is 5.97 Å². The summed E-state index contributed by atoms with van der Waals surface area (Å²) in [7, 11) is 0. The number of carbonyl (C=O) groups excluding carboxylic acids is 1. The average Bonchev–Trinajstić information content (AvgIpc) is 2.87. The Hall–Kier alpha value is -1.98. The molecule has 136 valence electrons. The lowest BCUT2D eigenvalue weighted by Gasteiger charge is -2.18. The number of rotatable bonds is 3. The van der Waals surface area contributed by atoms with Gasteiger partial charge < -0.3 is 4.74 Å². The van der Waals surface area contributed by atoms with Gasteiger partial charge in [-0.25, -0.2) is 9.37 Å². The van der Waals surface area contributed by atoms with Crippen molar-refractivity contribution in [2.24, 2.45) is 0 Å². The number of nitrogens with zero attached hydrogens (tertiary/aromatic N) is 1. The minimum absolute atomic E-state index is 0.0618. The van der Waals surface area contributed by atoms with Crippen LogP contribution in [-0.2, 0) is 16.0 Å². The van der Waals surface area contributed by atoms with Gasteiger partial charge in [0.05, 0.1) is 16.6 Å². The van der Waals surface area contributed by atoms with E-state index in [9.17, 15) is 9.18 Å². The van der Waals surface area contributed by atoms with Gasteiger partial charge in [0, 0.05) is 10.6 Å². The predicted octanol–water partition coefficient (Wildman–Crippen LogP) is 5.95. The molecule has 0 amide bonds. The van der Waals surface area contributed by atoms with Crippen molar-refractivity contribution in [3.63, 3.8) is 0 Å². The van der Waals surface area contributed by atoms with Gasteiger partial charge in [0.15, 0.2) is 0 Å². The molecule has 0 atom stereocenters. The third-order valence-electron chi connectivity index (χ3n) is 3.68. The zero-order chi connectivity index (χ0) is 19.1. The van der Waals surface area contributed by atoms with Crippen molar-refractivity contribution in [1.29, 1.82) is 0 Å². The number of carbonyl (C=O) groups is 1. The predicted molar refractivity (Wildman–Crippen MR) is 104 cm³/mol. The van der Waals surface area contributed by atoms with Crippen LogP contribution in [0.1, 0.15) is 31.3 Å². The second kappa shape index (κ2) is 6.97. The Morgan fingerprint density at radius 1 is 1.31 bits per heavy atom. The topological polar surface area (TPSA) is 39.2 Å². The Morgan fingerprint density at radius 2 is 2.04 bits per heavy atom. The summed E-state index contributed by atoms with van der Waals surface area (Å²) in [5.74, 6) is -0.674. The van der Waals surface area contributed by atoms with Gasteiger partial charge in [0.2, 0.25) is 0 Å². The molecule has 0 radical (unpaired) electrons. The summed E-state index contributed by atoms with van der Waals surface area (Å²) in [5.41, 5.74) is 1.59. The number of thiazole rings is 1. The number of aromatic nitrogens is 1. The second-order valence-corrected chi connectivity index (χ2v) is 8.66. The number of hydrogen-bond acceptors (Lipinski definition) is 4. The molecule has 3 rings (SSSR count). The van der Waals surface area contributed by atoms with Crippen LogP contribution < -0.4 is 0 Å². The highest BCUT2D eigenvalue weighted by molar-refractivity contribution is 7.18. The first-order valence-electron chi connectivity index (χ1n) is 8.20. The molecule has 26 heavy (non-hydrogen) atoms. The van der Waals surface area contributed by atoms with Crippen LogP contribution in [0.15, 0.2) is 30.3 Å². The Morgan fingerprint density at radius 3 is 2.69 bits per heavy atom.